The van der Waals surface area contributed by atoms with Crippen LogP contribution in [0.2, 0.25) is 0 Å². The molecule has 0 aliphatic carbocycles. The van der Waals surface area contributed by atoms with Crippen LogP contribution in [0.25, 0.3) is 21.3 Å². The molecule has 31 heavy (non-hydrogen) atoms. The number of nitrogens with one attached hydrogen (secondary N) is 1. The molecule has 0 spiro atoms. The number of methoxy groups -OCH3 is 1. The zero-order chi connectivity index (χ0) is 21.8. The van der Waals surface area contributed by atoms with Crippen LogP contribution in [-0.4, -0.2) is 34.7 Å². The van der Waals surface area contributed by atoms with Gasteiger partial charge in [0.15, 0.2) is 0 Å². The molecule has 0 saturated heterocycles. The molecule has 4 aromatic rings. The summed E-state index contributed by atoms with van der Waals surface area (Å²) in [4.78, 5) is 19.6. The van der Waals surface area contributed by atoms with Crippen LogP contribution < -0.4 is 10.1 Å². The van der Waals surface area contributed by atoms with Gasteiger partial charge in [-0.3, -0.25) is 4.79 Å². The van der Waals surface area contributed by atoms with E-state index in [1.807, 2.05) is 29.6 Å². The number of anilines is 1. The molecule has 0 bridgehead atoms. The molecule has 2 aromatic carbocycles. The first-order chi connectivity index (χ1) is 15.0. The fourth-order valence-corrected chi connectivity index (χ4v) is 4.19. The molecule has 0 radical (unpaired) electrons. The highest BCUT2D eigenvalue weighted by Crippen LogP contribution is 2.28. The van der Waals surface area contributed by atoms with Gasteiger partial charge in [0.1, 0.15) is 23.7 Å². The van der Waals surface area contributed by atoms with E-state index in [2.05, 4.69) is 15.3 Å². The highest BCUT2D eigenvalue weighted by molar-refractivity contribution is 7.17. The van der Waals surface area contributed by atoms with Gasteiger partial charge in [-0.05, 0) is 40.9 Å². The molecule has 2 N–H and O–H groups in total. The van der Waals surface area contributed by atoms with Crippen molar-refractivity contribution >= 4 is 33.2 Å². The van der Waals surface area contributed by atoms with Crippen molar-refractivity contribution < 1.29 is 19.0 Å². The Labute approximate surface area is 182 Å². The number of carbonyl (C=O) groups is 1. The van der Waals surface area contributed by atoms with Gasteiger partial charge in [-0.25, -0.2) is 14.4 Å². The fourth-order valence-electron chi connectivity index (χ4n) is 3.40. The van der Waals surface area contributed by atoms with Gasteiger partial charge in [0, 0.05) is 23.7 Å². The lowest BCUT2D eigenvalue weighted by molar-refractivity contribution is -0.136. The van der Waals surface area contributed by atoms with E-state index in [-0.39, 0.29) is 12.2 Å². The van der Waals surface area contributed by atoms with Crippen LogP contribution in [0, 0.1) is 5.82 Å². The molecular formula is C23H20FN3O3S. The number of thiophene rings is 1. The Balaban J connectivity index is 1.46. The van der Waals surface area contributed by atoms with Crippen molar-refractivity contribution in [3.8, 4) is 17.0 Å². The summed E-state index contributed by atoms with van der Waals surface area (Å²) < 4.78 is 20.2. The largest absolute Gasteiger partial charge is 0.496 e. The van der Waals surface area contributed by atoms with Gasteiger partial charge in [0.05, 0.1) is 23.9 Å². The summed E-state index contributed by atoms with van der Waals surface area (Å²) in [5.41, 5.74) is 3.00. The van der Waals surface area contributed by atoms with E-state index in [0.717, 1.165) is 16.5 Å². The van der Waals surface area contributed by atoms with Crippen molar-refractivity contribution in [1.29, 1.82) is 0 Å². The zero-order valence-corrected chi connectivity index (χ0v) is 17.6. The Hall–Kier alpha value is -3.52. The summed E-state index contributed by atoms with van der Waals surface area (Å²) >= 11 is 1.40. The molecule has 0 amide bonds. The van der Waals surface area contributed by atoms with Crippen LogP contribution in [0.3, 0.4) is 0 Å². The van der Waals surface area contributed by atoms with Crippen LogP contribution in [0.4, 0.5) is 10.2 Å². The van der Waals surface area contributed by atoms with Crippen molar-refractivity contribution in [2.24, 2.45) is 0 Å². The number of ether oxygens (including phenoxy) is 1. The van der Waals surface area contributed by atoms with E-state index in [9.17, 15) is 9.18 Å². The van der Waals surface area contributed by atoms with Gasteiger partial charge >= 0.3 is 5.97 Å². The third kappa shape index (κ3) is 4.80. The molecule has 0 fully saturated rings. The number of halogens is 1. The SMILES string of the molecule is COc1cc(-c2cc(NCCc3cc(F)c4sccc4c3)ncn2)ccc1CC(=O)O. The minimum Gasteiger partial charge on any atom is -0.496 e. The number of aromatic nitrogens is 2. The van der Waals surface area contributed by atoms with Crippen molar-refractivity contribution in [2.75, 3.05) is 19.0 Å². The monoisotopic (exact) mass is 437 g/mol. The number of benzene rings is 2. The maximum absolute atomic E-state index is 14.2. The predicted octanol–water partition coefficient (Wildman–Crippen LogP) is 4.79. The lowest BCUT2D eigenvalue weighted by atomic mass is 10.1. The lowest BCUT2D eigenvalue weighted by Gasteiger charge is -2.10. The molecule has 4 rings (SSSR count). The number of carboxylic acid groups (broad SMARTS) is 1. The number of hydrogen-bond donors (Lipinski definition) is 2. The first kappa shape index (κ1) is 20.7. The molecular weight excluding hydrogens is 417 g/mol. The van der Waals surface area contributed by atoms with Crippen molar-refractivity contribution in [1.82, 2.24) is 9.97 Å². The summed E-state index contributed by atoms with van der Waals surface area (Å²) in [5, 5.41) is 15.1. The van der Waals surface area contributed by atoms with E-state index in [4.69, 9.17) is 9.84 Å². The van der Waals surface area contributed by atoms with Crippen molar-refractivity contribution in [3.05, 3.63) is 71.1 Å². The van der Waals surface area contributed by atoms with Gasteiger partial charge in [0.25, 0.3) is 0 Å². The maximum Gasteiger partial charge on any atom is 0.307 e. The summed E-state index contributed by atoms with van der Waals surface area (Å²) in [6.07, 6.45) is 2.00. The smallest absolute Gasteiger partial charge is 0.307 e. The molecule has 0 atom stereocenters. The molecule has 158 valence electrons. The van der Waals surface area contributed by atoms with Gasteiger partial charge in [-0.1, -0.05) is 18.2 Å². The Bertz CT molecular complexity index is 1240. The number of aliphatic carboxylic acids is 1. The molecule has 2 heterocycles. The second-order valence-corrected chi connectivity index (χ2v) is 7.90. The maximum atomic E-state index is 14.2. The summed E-state index contributed by atoms with van der Waals surface area (Å²) in [6.45, 7) is 0.590. The minimum atomic E-state index is -0.919. The number of hydrogen-bond acceptors (Lipinski definition) is 6. The quantitative estimate of drug-likeness (QED) is 0.412. The Morgan fingerprint density at radius 1 is 1.19 bits per heavy atom. The average Bonchev–Trinajstić information content (AvgIpc) is 3.23. The molecule has 0 saturated carbocycles. The second kappa shape index (κ2) is 9.09. The van der Waals surface area contributed by atoms with Crippen molar-refractivity contribution in [3.63, 3.8) is 0 Å². The van der Waals surface area contributed by atoms with Crippen LogP contribution in [0.5, 0.6) is 5.75 Å². The number of nitrogens with zero attached hydrogens (tertiary/aromatic N) is 2. The van der Waals surface area contributed by atoms with Gasteiger partial charge in [0.2, 0.25) is 0 Å². The standard InChI is InChI=1S/C23H20FN3O3S/c1-30-20-10-15(2-3-16(20)11-22(28)29)19-12-21(27-13-26-19)25-6-4-14-8-17-5-7-31-23(17)18(24)9-14/h2-3,5,7-10,12-13H,4,6,11H2,1H3,(H,28,29)(H,25,26,27). The van der Waals surface area contributed by atoms with Gasteiger partial charge in [-0.2, -0.15) is 0 Å². The zero-order valence-electron chi connectivity index (χ0n) is 16.8. The highest BCUT2D eigenvalue weighted by Gasteiger charge is 2.11. The summed E-state index contributed by atoms with van der Waals surface area (Å²) in [5.74, 6) is 0.0410. The molecule has 0 unspecified atom stereocenters. The first-order valence-electron chi connectivity index (χ1n) is 9.64. The van der Waals surface area contributed by atoms with E-state index in [1.54, 1.807) is 18.2 Å². The normalized spacial score (nSPS) is 10.9. The third-order valence-corrected chi connectivity index (χ3v) is 5.82. The summed E-state index contributed by atoms with van der Waals surface area (Å²) in [6, 6.07) is 12.6. The molecule has 0 aliphatic heterocycles. The second-order valence-electron chi connectivity index (χ2n) is 6.98. The van der Waals surface area contributed by atoms with E-state index in [1.165, 1.54) is 24.8 Å². The number of rotatable bonds is 8. The minimum absolute atomic E-state index is 0.113. The number of carboxylic acids is 1. The predicted molar refractivity (Wildman–Crippen MR) is 119 cm³/mol. The Kier molecular flexibility index (Phi) is 6.08. The van der Waals surface area contributed by atoms with Crippen LogP contribution in [0.1, 0.15) is 11.1 Å². The fraction of sp³-hybridized carbons (Fsp3) is 0.174. The Morgan fingerprint density at radius 3 is 2.87 bits per heavy atom. The number of fused-ring (bicyclic) bond motifs is 1. The van der Waals surface area contributed by atoms with Crippen molar-refractivity contribution in [2.45, 2.75) is 12.8 Å². The molecule has 0 aliphatic rings. The summed E-state index contributed by atoms with van der Waals surface area (Å²) in [7, 11) is 1.51. The van der Waals surface area contributed by atoms with Gasteiger partial charge in [-0.15, -0.1) is 11.3 Å². The lowest BCUT2D eigenvalue weighted by Crippen LogP contribution is -2.07. The highest BCUT2D eigenvalue weighted by atomic mass is 32.1. The molecule has 6 nitrogen and oxygen atoms in total. The van der Waals surface area contributed by atoms with Crippen LogP contribution in [-0.2, 0) is 17.6 Å². The topological polar surface area (TPSA) is 84.3 Å². The van der Waals surface area contributed by atoms with Gasteiger partial charge < -0.3 is 15.2 Å². The van der Waals surface area contributed by atoms with E-state index >= 15 is 0 Å². The molecule has 2 aromatic heterocycles. The van der Waals surface area contributed by atoms with Crippen LogP contribution >= 0.6 is 11.3 Å². The Morgan fingerprint density at radius 2 is 2.06 bits per heavy atom. The first-order valence-corrected chi connectivity index (χ1v) is 10.5. The van der Waals surface area contributed by atoms with E-state index < -0.39 is 5.97 Å². The van der Waals surface area contributed by atoms with Crippen LogP contribution in [0.15, 0.2) is 54.2 Å². The average molecular weight is 437 g/mol. The van der Waals surface area contributed by atoms with E-state index in [0.29, 0.717) is 40.5 Å². The third-order valence-electron chi connectivity index (χ3n) is 4.88. The molecule has 8 heteroatoms.